The predicted octanol–water partition coefficient (Wildman–Crippen LogP) is 2.87. The number of benzene rings is 2. The molecule has 0 radical (unpaired) electrons. The number of nitrogens with one attached hydrogen (secondary N) is 1. The number of hydrogen-bond acceptors (Lipinski definition) is 4. The van der Waals surface area contributed by atoms with E-state index >= 15 is 0 Å². The maximum atomic E-state index is 6.00. The van der Waals surface area contributed by atoms with E-state index in [2.05, 4.69) is 51.6 Å². The zero-order chi connectivity index (χ0) is 21.6. The van der Waals surface area contributed by atoms with Crippen LogP contribution in [0.3, 0.4) is 0 Å². The first-order valence-electron chi connectivity index (χ1n) is 11.4. The van der Waals surface area contributed by atoms with Gasteiger partial charge in [-0.3, -0.25) is 9.89 Å². The molecule has 168 valence electrons. The molecule has 1 heterocycles. The van der Waals surface area contributed by atoms with E-state index in [4.69, 9.17) is 15.2 Å². The van der Waals surface area contributed by atoms with Gasteiger partial charge in [-0.25, -0.2) is 0 Å². The molecule has 1 saturated heterocycles. The van der Waals surface area contributed by atoms with Gasteiger partial charge in [0.2, 0.25) is 0 Å². The number of ether oxygens (including phenoxy) is 2. The third-order valence-corrected chi connectivity index (χ3v) is 5.36. The Bertz CT molecular complexity index is 776. The summed E-state index contributed by atoms with van der Waals surface area (Å²) in [4.78, 5) is 6.85. The van der Waals surface area contributed by atoms with E-state index in [1.807, 2.05) is 18.2 Å². The van der Waals surface area contributed by atoms with Crippen LogP contribution in [0.1, 0.15) is 24.0 Å². The fourth-order valence-corrected chi connectivity index (χ4v) is 3.61. The molecule has 0 saturated carbocycles. The van der Waals surface area contributed by atoms with Crippen molar-refractivity contribution in [2.24, 2.45) is 10.7 Å². The fourth-order valence-electron chi connectivity index (χ4n) is 3.61. The number of aryl methyl sites for hydroxylation is 1. The van der Waals surface area contributed by atoms with Gasteiger partial charge in [-0.05, 0) is 48.9 Å². The lowest BCUT2D eigenvalue weighted by Crippen LogP contribution is -2.37. The van der Waals surface area contributed by atoms with Crippen LogP contribution in [0.4, 0.5) is 0 Å². The Kier molecular flexibility index (Phi) is 10.2. The van der Waals surface area contributed by atoms with Crippen LogP contribution in [0.15, 0.2) is 59.6 Å². The maximum absolute atomic E-state index is 6.00. The average molecular weight is 425 g/mol. The molecule has 6 nitrogen and oxygen atoms in total. The number of morpholine rings is 1. The van der Waals surface area contributed by atoms with Crippen molar-refractivity contribution in [2.45, 2.75) is 25.7 Å². The Morgan fingerprint density at radius 1 is 1.00 bits per heavy atom. The largest absolute Gasteiger partial charge is 0.494 e. The molecule has 0 bridgehead atoms. The molecule has 0 amide bonds. The molecule has 3 N–H and O–H groups in total. The lowest BCUT2D eigenvalue weighted by molar-refractivity contribution is 0.0377. The first kappa shape index (κ1) is 23.1. The predicted molar refractivity (Wildman–Crippen MR) is 127 cm³/mol. The summed E-state index contributed by atoms with van der Waals surface area (Å²) < 4.78 is 11.3. The summed E-state index contributed by atoms with van der Waals surface area (Å²) in [7, 11) is 0. The van der Waals surface area contributed by atoms with Crippen molar-refractivity contribution in [3.8, 4) is 5.75 Å². The van der Waals surface area contributed by atoms with Crippen LogP contribution >= 0.6 is 0 Å². The smallest absolute Gasteiger partial charge is 0.188 e. The number of nitrogens with zero attached hydrogens (tertiary/aromatic N) is 2. The van der Waals surface area contributed by atoms with E-state index in [9.17, 15) is 0 Å². The van der Waals surface area contributed by atoms with Gasteiger partial charge in [0.25, 0.3) is 0 Å². The van der Waals surface area contributed by atoms with E-state index < -0.39 is 0 Å². The van der Waals surface area contributed by atoms with Gasteiger partial charge in [-0.1, -0.05) is 42.5 Å². The molecule has 0 unspecified atom stereocenters. The van der Waals surface area contributed by atoms with Crippen molar-refractivity contribution in [1.29, 1.82) is 0 Å². The SMILES string of the molecule is NC(=NCCCN1CCOCC1)NCCc1cccc(OCCCc2ccccc2)c1. The van der Waals surface area contributed by atoms with Crippen LogP contribution in [-0.4, -0.2) is 63.4 Å². The van der Waals surface area contributed by atoms with Crippen LogP contribution in [0.2, 0.25) is 0 Å². The van der Waals surface area contributed by atoms with Gasteiger partial charge in [-0.15, -0.1) is 0 Å². The minimum absolute atomic E-state index is 0.523. The molecule has 1 aliphatic heterocycles. The molecule has 1 aliphatic rings. The normalized spacial score (nSPS) is 15.0. The van der Waals surface area contributed by atoms with Crippen molar-refractivity contribution >= 4 is 5.96 Å². The molecule has 2 aromatic carbocycles. The summed E-state index contributed by atoms with van der Waals surface area (Å²) in [6, 6.07) is 18.8. The minimum Gasteiger partial charge on any atom is -0.494 e. The number of aliphatic imine (C=N–C) groups is 1. The number of guanidine groups is 1. The Labute approximate surface area is 186 Å². The molecule has 1 fully saturated rings. The molecule has 0 spiro atoms. The molecule has 0 aliphatic carbocycles. The summed E-state index contributed by atoms with van der Waals surface area (Å²) in [5, 5.41) is 3.21. The second-order valence-corrected chi connectivity index (χ2v) is 7.84. The molecular formula is C25H36N4O2. The van der Waals surface area contributed by atoms with Gasteiger partial charge < -0.3 is 20.5 Å². The second kappa shape index (κ2) is 13.7. The third kappa shape index (κ3) is 9.40. The Balaban J connectivity index is 1.28. The fraction of sp³-hybridized carbons (Fsp3) is 0.480. The molecule has 0 aromatic heterocycles. The number of rotatable bonds is 12. The van der Waals surface area contributed by atoms with Gasteiger partial charge in [0.15, 0.2) is 5.96 Å². The van der Waals surface area contributed by atoms with E-state index in [0.29, 0.717) is 5.96 Å². The quantitative estimate of drug-likeness (QED) is 0.311. The molecule has 31 heavy (non-hydrogen) atoms. The zero-order valence-corrected chi connectivity index (χ0v) is 18.5. The molecule has 6 heteroatoms. The highest BCUT2D eigenvalue weighted by Gasteiger charge is 2.08. The highest BCUT2D eigenvalue weighted by atomic mass is 16.5. The molecule has 0 atom stereocenters. The first-order valence-corrected chi connectivity index (χ1v) is 11.4. The van der Waals surface area contributed by atoms with Crippen LogP contribution in [-0.2, 0) is 17.6 Å². The summed E-state index contributed by atoms with van der Waals surface area (Å²) in [6.45, 7) is 7.01. The minimum atomic E-state index is 0.523. The third-order valence-electron chi connectivity index (χ3n) is 5.36. The van der Waals surface area contributed by atoms with Crippen LogP contribution in [0.5, 0.6) is 5.75 Å². The van der Waals surface area contributed by atoms with Crippen LogP contribution < -0.4 is 15.8 Å². The maximum Gasteiger partial charge on any atom is 0.188 e. The van der Waals surface area contributed by atoms with E-state index in [-0.39, 0.29) is 0 Å². The second-order valence-electron chi connectivity index (χ2n) is 7.84. The molecular weight excluding hydrogens is 388 g/mol. The van der Waals surface area contributed by atoms with E-state index in [1.165, 1.54) is 11.1 Å². The van der Waals surface area contributed by atoms with Gasteiger partial charge in [-0.2, -0.15) is 0 Å². The van der Waals surface area contributed by atoms with Crippen molar-refractivity contribution in [1.82, 2.24) is 10.2 Å². The van der Waals surface area contributed by atoms with E-state index in [0.717, 1.165) is 84.0 Å². The summed E-state index contributed by atoms with van der Waals surface area (Å²) in [5.74, 6) is 1.45. The van der Waals surface area contributed by atoms with Gasteiger partial charge in [0.05, 0.1) is 19.8 Å². The van der Waals surface area contributed by atoms with Crippen LogP contribution in [0.25, 0.3) is 0 Å². The highest BCUT2D eigenvalue weighted by molar-refractivity contribution is 5.77. The van der Waals surface area contributed by atoms with Crippen molar-refractivity contribution in [3.63, 3.8) is 0 Å². The summed E-state index contributed by atoms with van der Waals surface area (Å²) in [6.07, 6.45) is 3.95. The highest BCUT2D eigenvalue weighted by Crippen LogP contribution is 2.14. The van der Waals surface area contributed by atoms with Crippen LogP contribution in [0, 0.1) is 0 Å². The Hall–Kier alpha value is -2.57. The standard InChI is InChI=1S/C25H36N4O2/c26-25(27-13-6-15-29-16-19-30-20-17-29)28-14-12-23-9-4-11-24(21-23)31-18-5-10-22-7-2-1-3-8-22/h1-4,7-9,11,21H,5-6,10,12-20H2,(H3,26,27,28). The van der Waals surface area contributed by atoms with Crippen molar-refractivity contribution in [3.05, 3.63) is 65.7 Å². The van der Waals surface area contributed by atoms with E-state index in [1.54, 1.807) is 0 Å². The van der Waals surface area contributed by atoms with Crippen molar-refractivity contribution < 1.29 is 9.47 Å². The zero-order valence-electron chi connectivity index (χ0n) is 18.5. The summed E-state index contributed by atoms with van der Waals surface area (Å²) >= 11 is 0. The van der Waals surface area contributed by atoms with Gasteiger partial charge in [0, 0.05) is 32.7 Å². The lowest BCUT2D eigenvalue weighted by Gasteiger charge is -2.26. The summed E-state index contributed by atoms with van der Waals surface area (Å²) in [5.41, 5.74) is 8.58. The Morgan fingerprint density at radius 3 is 2.65 bits per heavy atom. The van der Waals surface area contributed by atoms with Crippen molar-refractivity contribution in [2.75, 3.05) is 52.5 Å². The lowest BCUT2D eigenvalue weighted by atomic mass is 10.1. The monoisotopic (exact) mass is 424 g/mol. The number of nitrogens with two attached hydrogens (primary N) is 1. The first-order chi connectivity index (χ1) is 15.3. The topological polar surface area (TPSA) is 72.1 Å². The average Bonchev–Trinajstić information content (AvgIpc) is 2.81. The Morgan fingerprint density at radius 2 is 1.81 bits per heavy atom. The van der Waals surface area contributed by atoms with Gasteiger partial charge in [0.1, 0.15) is 5.75 Å². The van der Waals surface area contributed by atoms with Gasteiger partial charge >= 0.3 is 0 Å². The number of hydrogen-bond donors (Lipinski definition) is 2. The molecule has 2 aromatic rings. The molecule has 3 rings (SSSR count).